The second-order valence-corrected chi connectivity index (χ2v) is 6.53. The molecule has 0 saturated carbocycles. The number of piperidine rings is 1. The predicted octanol–water partition coefficient (Wildman–Crippen LogP) is 2.58. The van der Waals surface area contributed by atoms with Gasteiger partial charge in [0.2, 0.25) is 0 Å². The molecule has 1 saturated heterocycles. The van der Waals surface area contributed by atoms with Gasteiger partial charge in [0.15, 0.2) is 0 Å². The molecule has 0 amide bonds. The van der Waals surface area contributed by atoms with Gasteiger partial charge in [-0.1, -0.05) is 0 Å². The molecule has 0 radical (unpaired) electrons. The lowest BCUT2D eigenvalue weighted by atomic mass is 10.1. The lowest BCUT2D eigenvalue weighted by Crippen LogP contribution is -2.37. The Bertz CT molecular complexity index is 420. The fourth-order valence-electron chi connectivity index (χ4n) is 2.46. The van der Waals surface area contributed by atoms with Crippen LogP contribution >= 0.6 is 0 Å². The van der Waals surface area contributed by atoms with Crippen LogP contribution < -0.4 is 10.2 Å². The molecule has 0 aromatic carbocycles. The van der Waals surface area contributed by atoms with E-state index in [4.69, 9.17) is 4.74 Å². The summed E-state index contributed by atoms with van der Waals surface area (Å²) in [5, 5.41) is 3.48. The third kappa shape index (κ3) is 4.46. The number of aromatic nitrogens is 1. The summed E-state index contributed by atoms with van der Waals surface area (Å²) >= 11 is 0. The van der Waals surface area contributed by atoms with Gasteiger partial charge in [-0.05, 0) is 45.7 Å². The van der Waals surface area contributed by atoms with Crippen LogP contribution in [0.25, 0.3) is 0 Å². The maximum Gasteiger partial charge on any atom is 0.0605 e. The van der Waals surface area contributed by atoms with Crippen molar-refractivity contribution in [3.8, 4) is 0 Å². The van der Waals surface area contributed by atoms with E-state index in [-0.39, 0.29) is 5.54 Å². The van der Waals surface area contributed by atoms with E-state index in [0.717, 1.165) is 38.2 Å². The molecule has 1 aliphatic rings. The lowest BCUT2D eigenvalue weighted by molar-refractivity contribution is 0.0819. The van der Waals surface area contributed by atoms with Gasteiger partial charge in [-0.2, -0.15) is 0 Å². The van der Waals surface area contributed by atoms with E-state index in [2.05, 4.69) is 48.1 Å². The number of pyridine rings is 1. The van der Waals surface area contributed by atoms with Crippen LogP contribution in [0.3, 0.4) is 0 Å². The van der Waals surface area contributed by atoms with Gasteiger partial charge in [-0.25, -0.2) is 0 Å². The summed E-state index contributed by atoms with van der Waals surface area (Å²) in [5.74, 6) is 0. The molecule has 1 N–H and O–H groups in total. The van der Waals surface area contributed by atoms with Gasteiger partial charge in [-0.3, -0.25) is 4.98 Å². The molecule has 1 aromatic rings. The Labute approximate surface area is 122 Å². The van der Waals surface area contributed by atoms with Crippen LogP contribution in [0.15, 0.2) is 18.3 Å². The number of methoxy groups -OCH3 is 1. The Kier molecular flexibility index (Phi) is 5.00. The maximum atomic E-state index is 5.43. The normalized spacial score (nSPS) is 17.5. The number of anilines is 1. The van der Waals surface area contributed by atoms with E-state index < -0.39 is 0 Å². The Balaban J connectivity index is 1.96. The number of hydrogen-bond acceptors (Lipinski definition) is 4. The molecule has 4 nitrogen and oxygen atoms in total. The van der Waals surface area contributed by atoms with Gasteiger partial charge in [0.25, 0.3) is 0 Å². The molecular weight excluding hydrogens is 250 g/mol. The highest BCUT2D eigenvalue weighted by Gasteiger charge is 2.19. The molecule has 4 heteroatoms. The van der Waals surface area contributed by atoms with Crippen molar-refractivity contribution in [1.82, 2.24) is 10.3 Å². The van der Waals surface area contributed by atoms with Gasteiger partial charge >= 0.3 is 0 Å². The van der Waals surface area contributed by atoms with E-state index in [0.29, 0.717) is 6.10 Å². The highest BCUT2D eigenvalue weighted by atomic mass is 16.5. The van der Waals surface area contributed by atoms with Crippen molar-refractivity contribution in [2.45, 2.75) is 51.8 Å². The molecule has 0 bridgehead atoms. The van der Waals surface area contributed by atoms with Crippen LogP contribution in [0.5, 0.6) is 0 Å². The minimum absolute atomic E-state index is 0.120. The van der Waals surface area contributed by atoms with Crippen LogP contribution in [-0.4, -0.2) is 36.8 Å². The van der Waals surface area contributed by atoms with Crippen molar-refractivity contribution in [3.63, 3.8) is 0 Å². The minimum Gasteiger partial charge on any atom is -0.381 e. The molecule has 2 heterocycles. The maximum absolute atomic E-state index is 5.43. The average molecular weight is 277 g/mol. The first-order chi connectivity index (χ1) is 9.48. The zero-order valence-electron chi connectivity index (χ0n) is 13.1. The third-order valence-corrected chi connectivity index (χ3v) is 3.74. The van der Waals surface area contributed by atoms with E-state index in [9.17, 15) is 0 Å². The Morgan fingerprint density at radius 1 is 1.35 bits per heavy atom. The molecule has 1 aliphatic heterocycles. The highest BCUT2D eigenvalue weighted by molar-refractivity contribution is 5.46. The van der Waals surface area contributed by atoms with E-state index in [1.54, 1.807) is 0 Å². The second-order valence-electron chi connectivity index (χ2n) is 6.53. The Hall–Kier alpha value is -1.13. The van der Waals surface area contributed by atoms with Gasteiger partial charge in [-0.15, -0.1) is 0 Å². The Morgan fingerprint density at radius 3 is 2.65 bits per heavy atom. The molecule has 112 valence electrons. The number of ether oxygens (including phenoxy) is 1. The monoisotopic (exact) mass is 277 g/mol. The smallest absolute Gasteiger partial charge is 0.0605 e. The Morgan fingerprint density at radius 2 is 2.05 bits per heavy atom. The van der Waals surface area contributed by atoms with Gasteiger partial charge in [0.1, 0.15) is 0 Å². The summed E-state index contributed by atoms with van der Waals surface area (Å²) in [5.41, 5.74) is 2.50. The van der Waals surface area contributed by atoms with Crippen LogP contribution in [0.4, 0.5) is 5.69 Å². The number of hydrogen-bond donors (Lipinski definition) is 1. The van der Waals surface area contributed by atoms with Gasteiger partial charge in [0, 0.05) is 44.2 Å². The van der Waals surface area contributed by atoms with E-state index >= 15 is 0 Å². The molecule has 1 fully saturated rings. The van der Waals surface area contributed by atoms with E-state index in [1.165, 1.54) is 5.69 Å². The summed E-state index contributed by atoms with van der Waals surface area (Å²) in [4.78, 5) is 6.88. The van der Waals surface area contributed by atoms with Crippen LogP contribution in [0.2, 0.25) is 0 Å². The summed E-state index contributed by atoms with van der Waals surface area (Å²) in [6.45, 7) is 9.46. The SMILES string of the molecule is COC1CCN(c2ccnc(CNC(C)(C)C)c2)CC1. The summed E-state index contributed by atoms with van der Waals surface area (Å²) in [6.07, 6.45) is 4.55. The van der Waals surface area contributed by atoms with Crippen molar-refractivity contribution in [2.24, 2.45) is 0 Å². The second kappa shape index (κ2) is 6.55. The molecular formula is C16H27N3O. The molecule has 20 heavy (non-hydrogen) atoms. The van der Waals surface area contributed by atoms with Gasteiger partial charge < -0.3 is 15.0 Å². The standard InChI is InChI=1S/C16H27N3O/c1-16(2,3)18-12-13-11-14(5-8-17-13)19-9-6-15(20-4)7-10-19/h5,8,11,15,18H,6-7,9-10,12H2,1-4H3. The quantitative estimate of drug-likeness (QED) is 0.918. The number of rotatable bonds is 4. The zero-order valence-corrected chi connectivity index (χ0v) is 13.1. The fraction of sp³-hybridized carbons (Fsp3) is 0.688. The van der Waals surface area contributed by atoms with Crippen LogP contribution in [0.1, 0.15) is 39.3 Å². The van der Waals surface area contributed by atoms with Crippen molar-refractivity contribution < 1.29 is 4.74 Å². The zero-order chi connectivity index (χ0) is 14.6. The lowest BCUT2D eigenvalue weighted by Gasteiger charge is -2.33. The summed E-state index contributed by atoms with van der Waals surface area (Å²) in [7, 11) is 1.81. The van der Waals surface area contributed by atoms with Crippen LogP contribution in [0, 0.1) is 0 Å². The number of nitrogens with zero attached hydrogens (tertiary/aromatic N) is 2. The first-order valence-corrected chi connectivity index (χ1v) is 7.45. The minimum atomic E-state index is 0.120. The summed E-state index contributed by atoms with van der Waals surface area (Å²) in [6, 6.07) is 4.31. The number of nitrogens with one attached hydrogen (secondary N) is 1. The largest absolute Gasteiger partial charge is 0.381 e. The molecule has 0 aliphatic carbocycles. The van der Waals surface area contributed by atoms with Crippen molar-refractivity contribution in [2.75, 3.05) is 25.1 Å². The molecule has 0 atom stereocenters. The predicted molar refractivity (Wildman–Crippen MR) is 83.1 cm³/mol. The van der Waals surface area contributed by atoms with Gasteiger partial charge in [0.05, 0.1) is 11.8 Å². The molecule has 0 unspecified atom stereocenters. The fourth-order valence-corrected chi connectivity index (χ4v) is 2.46. The van der Waals surface area contributed by atoms with E-state index in [1.807, 2.05) is 13.3 Å². The molecule has 0 spiro atoms. The third-order valence-electron chi connectivity index (χ3n) is 3.74. The van der Waals surface area contributed by atoms with Crippen molar-refractivity contribution >= 4 is 5.69 Å². The topological polar surface area (TPSA) is 37.4 Å². The van der Waals surface area contributed by atoms with Crippen LogP contribution in [-0.2, 0) is 11.3 Å². The molecule has 2 rings (SSSR count). The van der Waals surface area contributed by atoms with Crippen molar-refractivity contribution in [3.05, 3.63) is 24.0 Å². The first kappa shape index (κ1) is 15.3. The average Bonchev–Trinajstić information content (AvgIpc) is 2.45. The highest BCUT2D eigenvalue weighted by Crippen LogP contribution is 2.21. The first-order valence-electron chi connectivity index (χ1n) is 7.45. The molecule has 1 aromatic heterocycles. The van der Waals surface area contributed by atoms with Crippen molar-refractivity contribution in [1.29, 1.82) is 0 Å². The summed E-state index contributed by atoms with van der Waals surface area (Å²) < 4.78 is 5.43.